The molecule has 1 N–H and O–H groups in total. The van der Waals surface area contributed by atoms with Crippen LogP contribution < -0.4 is 4.72 Å². The van der Waals surface area contributed by atoms with E-state index in [4.69, 9.17) is 0 Å². The van der Waals surface area contributed by atoms with Gasteiger partial charge in [-0.2, -0.15) is 13.2 Å². The number of thiophene rings is 1. The van der Waals surface area contributed by atoms with Crippen molar-refractivity contribution in [2.24, 2.45) is 0 Å². The average molecular weight is 482 g/mol. The standard InChI is InChI=1S/C22H18F3NO4S2/c1-30-21(27)14-6-8-16(13-4-5-13)20(11-14)32(28,29)26-18-12-15(22(23,24)25)7-9-17(18)19-3-2-10-31-19/h2-3,6-13,26H,4-5H2,1H3. The molecule has 168 valence electrons. The zero-order chi connectivity index (χ0) is 23.1. The number of nitrogens with one attached hydrogen (secondary N) is 1. The normalized spacial score (nSPS) is 14.2. The molecule has 4 rings (SSSR count). The van der Waals surface area contributed by atoms with Crippen LogP contribution >= 0.6 is 11.3 Å². The number of sulfonamides is 1. The first-order valence-electron chi connectivity index (χ1n) is 9.60. The molecule has 3 aromatic rings. The minimum absolute atomic E-state index is 0.0200. The van der Waals surface area contributed by atoms with Crippen LogP contribution in [0.5, 0.6) is 0 Å². The van der Waals surface area contributed by atoms with Crippen molar-refractivity contribution >= 4 is 33.0 Å². The van der Waals surface area contributed by atoms with Crippen LogP contribution in [0.3, 0.4) is 0 Å². The largest absolute Gasteiger partial charge is 0.465 e. The van der Waals surface area contributed by atoms with Crippen LogP contribution in [0.4, 0.5) is 18.9 Å². The number of carbonyl (C=O) groups is 1. The Balaban J connectivity index is 1.82. The Labute approximate surface area is 186 Å². The topological polar surface area (TPSA) is 72.5 Å². The highest BCUT2D eigenvalue weighted by Gasteiger charge is 2.34. The lowest BCUT2D eigenvalue weighted by Crippen LogP contribution is -2.17. The summed E-state index contributed by atoms with van der Waals surface area (Å²) < 4.78 is 73.7. The van der Waals surface area contributed by atoms with Crippen molar-refractivity contribution < 1.29 is 31.1 Å². The van der Waals surface area contributed by atoms with Gasteiger partial charge in [0.2, 0.25) is 0 Å². The van der Waals surface area contributed by atoms with Crippen LogP contribution in [-0.4, -0.2) is 21.5 Å². The lowest BCUT2D eigenvalue weighted by Gasteiger charge is -2.17. The van der Waals surface area contributed by atoms with Crippen molar-refractivity contribution in [2.75, 3.05) is 11.8 Å². The van der Waals surface area contributed by atoms with Crippen LogP contribution in [0.2, 0.25) is 0 Å². The third-order valence-electron chi connectivity index (χ3n) is 5.12. The summed E-state index contributed by atoms with van der Waals surface area (Å²) in [7, 11) is -3.13. The van der Waals surface area contributed by atoms with Crippen LogP contribution in [0.25, 0.3) is 10.4 Å². The van der Waals surface area contributed by atoms with Crippen LogP contribution in [-0.2, 0) is 20.9 Å². The van der Waals surface area contributed by atoms with Crippen molar-refractivity contribution in [1.29, 1.82) is 0 Å². The van der Waals surface area contributed by atoms with Gasteiger partial charge in [0.1, 0.15) is 0 Å². The quantitative estimate of drug-likeness (QED) is 0.445. The fourth-order valence-electron chi connectivity index (χ4n) is 3.39. The number of methoxy groups -OCH3 is 1. The Morgan fingerprint density at radius 3 is 2.47 bits per heavy atom. The second-order valence-corrected chi connectivity index (χ2v) is 9.96. The molecule has 0 amide bonds. The van der Waals surface area contributed by atoms with Gasteiger partial charge in [-0.3, -0.25) is 4.72 Å². The van der Waals surface area contributed by atoms with Gasteiger partial charge in [0, 0.05) is 10.4 Å². The van der Waals surface area contributed by atoms with E-state index >= 15 is 0 Å². The van der Waals surface area contributed by atoms with Crippen LogP contribution in [0.15, 0.2) is 58.8 Å². The predicted molar refractivity (Wildman–Crippen MR) is 115 cm³/mol. The number of ether oxygens (including phenoxy) is 1. The zero-order valence-electron chi connectivity index (χ0n) is 16.8. The van der Waals surface area contributed by atoms with E-state index in [1.807, 2.05) is 0 Å². The molecule has 0 atom stereocenters. The summed E-state index contributed by atoms with van der Waals surface area (Å²) in [6, 6.07) is 10.6. The van der Waals surface area contributed by atoms with Crippen molar-refractivity contribution in [1.82, 2.24) is 0 Å². The molecule has 2 aromatic carbocycles. The molecule has 0 unspecified atom stereocenters. The first-order chi connectivity index (χ1) is 15.1. The van der Waals surface area contributed by atoms with E-state index in [9.17, 15) is 26.4 Å². The van der Waals surface area contributed by atoms with Gasteiger partial charge in [0.25, 0.3) is 10.0 Å². The molecule has 32 heavy (non-hydrogen) atoms. The first kappa shape index (κ1) is 22.3. The number of hydrogen-bond acceptors (Lipinski definition) is 5. The molecule has 1 aliphatic rings. The summed E-state index contributed by atoms with van der Waals surface area (Å²) in [6.45, 7) is 0. The van der Waals surface area contributed by atoms with Crippen molar-refractivity contribution in [2.45, 2.75) is 29.8 Å². The van der Waals surface area contributed by atoms with E-state index in [1.165, 1.54) is 36.6 Å². The number of alkyl halides is 3. The summed E-state index contributed by atoms with van der Waals surface area (Å²) in [6.07, 6.45) is -3.05. The molecular formula is C22H18F3NO4S2. The summed E-state index contributed by atoms with van der Waals surface area (Å²) in [5.74, 6) is -0.686. The minimum Gasteiger partial charge on any atom is -0.465 e. The second-order valence-electron chi connectivity index (χ2n) is 7.36. The Kier molecular flexibility index (Phi) is 5.76. The predicted octanol–water partition coefficient (Wildman–Crippen LogP) is 5.90. The number of hydrogen-bond donors (Lipinski definition) is 1. The first-order valence-corrected chi connectivity index (χ1v) is 12.0. The second kappa shape index (κ2) is 8.25. The lowest BCUT2D eigenvalue weighted by molar-refractivity contribution is -0.137. The molecule has 1 aliphatic carbocycles. The van der Waals surface area contributed by atoms with E-state index in [1.54, 1.807) is 23.6 Å². The monoisotopic (exact) mass is 481 g/mol. The number of esters is 1. The van der Waals surface area contributed by atoms with Gasteiger partial charge in [0.15, 0.2) is 0 Å². The SMILES string of the molecule is COC(=O)c1ccc(C2CC2)c(S(=O)(=O)Nc2cc(C(F)(F)F)ccc2-c2cccs2)c1. The molecular weight excluding hydrogens is 463 g/mol. The van der Waals surface area contributed by atoms with Gasteiger partial charge < -0.3 is 4.74 Å². The van der Waals surface area contributed by atoms with E-state index in [2.05, 4.69) is 9.46 Å². The van der Waals surface area contributed by atoms with E-state index < -0.39 is 27.7 Å². The Hall–Kier alpha value is -2.85. The molecule has 0 bridgehead atoms. The summed E-state index contributed by atoms with van der Waals surface area (Å²) >= 11 is 1.28. The van der Waals surface area contributed by atoms with Crippen LogP contribution in [0.1, 0.15) is 40.2 Å². The van der Waals surface area contributed by atoms with Gasteiger partial charge >= 0.3 is 12.1 Å². The third-order valence-corrected chi connectivity index (χ3v) is 7.44. The number of carbonyl (C=O) groups excluding carboxylic acids is 1. The van der Waals surface area contributed by atoms with E-state index in [0.717, 1.165) is 25.0 Å². The molecule has 0 aliphatic heterocycles. The number of rotatable bonds is 6. The van der Waals surface area contributed by atoms with E-state index in [-0.39, 0.29) is 22.1 Å². The molecule has 1 fully saturated rings. The van der Waals surface area contributed by atoms with Crippen molar-refractivity contribution in [3.63, 3.8) is 0 Å². The fraction of sp³-hybridized carbons (Fsp3) is 0.227. The highest BCUT2D eigenvalue weighted by molar-refractivity contribution is 7.92. The van der Waals surface area contributed by atoms with Crippen molar-refractivity contribution in [3.8, 4) is 10.4 Å². The maximum atomic E-state index is 13.4. The number of benzene rings is 2. The average Bonchev–Trinajstić information content (AvgIpc) is 3.45. The smallest absolute Gasteiger partial charge is 0.416 e. The molecule has 5 nitrogen and oxygen atoms in total. The summed E-state index contributed by atoms with van der Waals surface area (Å²) in [4.78, 5) is 12.4. The third kappa shape index (κ3) is 4.51. The van der Waals surface area contributed by atoms with Crippen LogP contribution in [0, 0.1) is 0 Å². The van der Waals surface area contributed by atoms with Gasteiger partial charge in [-0.25, -0.2) is 13.2 Å². The molecule has 10 heteroatoms. The van der Waals surface area contributed by atoms with E-state index in [0.29, 0.717) is 16.0 Å². The Bertz CT molecular complexity index is 1260. The van der Waals surface area contributed by atoms with Gasteiger partial charge in [-0.15, -0.1) is 11.3 Å². The Morgan fingerprint density at radius 1 is 1.12 bits per heavy atom. The zero-order valence-corrected chi connectivity index (χ0v) is 18.4. The van der Waals surface area contributed by atoms with Gasteiger partial charge in [-0.1, -0.05) is 18.2 Å². The lowest BCUT2D eigenvalue weighted by atomic mass is 10.1. The Morgan fingerprint density at radius 2 is 1.88 bits per heavy atom. The van der Waals surface area contributed by atoms with Gasteiger partial charge in [-0.05, 0) is 60.0 Å². The maximum Gasteiger partial charge on any atom is 0.416 e. The molecule has 1 saturated carbocycles. The molecule has 1 aromatic heterocycles. The highest BCUT2D eigenvalue weighted by Crippen LogP contribution is 2.44. The molecule has 0 saturated heterocycles. The van der Waals surface area contributed by atoms with Gasteiger partial charge in [0.05, 0.1) is 28.8 Å². The van der Waals surface area contributed by atoms with Crippen molar-refractivity contribution in [3.05, 3.63) is 70.6 Å². The molecule has 0 radical (unpaired) electrons. The maximum absolute atomic E-state index is 13.4. The number of halogens is 3. The molecule has 1 heterocycles. The fourth-order valence-corrected chi connectivity index (χ4v) is 5.56. The number of anilines is 1. The summed E-state index contributed by atoms with van der Waals surface area (Å²) in [5, 5.41) is 1.75. The minimum atomic E-state index is -4.64. The molecule has 0 spiro atoms. The summed E-state index contributed by atoms with van der Waals surface area (Å²) in [5.41, 5.74) is -0.267. The highest BCUT2D eigenvalue weighted by atomic mass is 32.2.